The Labute approximate surface area is 53.3 Å². The lowest BCUT2D eigenvalue weighted by Gasteiger charge is -2.34. The van der Waals surface area contributed by atoms with Crippen LogP contribution in [0.3, 0.4) is 0 Å². The largest absolute Gasteiger partial charge is 0.320 e. The third-order valence-electron chi connectivity index (χ3n) is 1.46. The van der Waals surface area contributed by atoms with Crippen LogP contribution in [0.25, 0.3) is 0 Å². The molecule has 0 amide bonds. The molecule has 0 heterocycles. The standard InChI is InChI=1S/C5H16N2S/c1-5(6)8(3,4)7-2/h5,7H,6H2,1-4H3. The molecule has 1 unspecified atom stereocenters. The minimum atomic E-state index is -0.708. The molecule has 0 bridgehead atoms. The van der Waals surface area contributed by atoms with E-state index >= 15 is 0 Å². The number of nitrogens with two attached hydrogens (primary N) is 1. The molecule has 2 nitrogen and oxygen atoms in total. The van der Waals surface area contributed by atoms with E-state index in [1.54, 1.807) is 0 Å². The molecule has 0 aliphatic rings. The van der Waals surface area contributed by atoms with Gasteiger partial charge in [-0.25, -0.2) is 0 Å². The Kier molecular flexibility index (Phi) is 2.80. The van der Waals surface area contributed by atoms with E-state index in [-0.39, 0.29) is 5.37 Å². The van der Waals surface area contributed by atoms with Crippen LogP contribution in [0.5, 0.6) is 0 Å². The first-order valence-electron chi connectivity index (χ1n) is 2.67. The minimum absolute atomic E-state index is 0.285. The van der Waals surface area contributed by atoms with Crippen LogP contribution >= 0.6 is 10.2 Å². The molecule has 0 spiro atoms. The molecule has 3 N–H and O–H groups in total. The van der Waals surface area contributed by atoms with E-state index in [1.807, 2.05) is 14.0 Å². The van der Waals surface area contributed by atoms with Crippen molar-refractivity contribution in [3.05, 3.63) is 0 Å². The van der Waals surface area contributed by atoms with E-state index < -0.39 is 10.2 Å². The van der Waals surface area contributed by atoms with Gasteiger partial charge >= 0.3 is 0 Å². The summed E-state index contributed by atoms with van der Waals surface area (Å²) in [4.78, 5) is 0. The second-order valence-corrected chi connectivity index (χ2v) is 6.28. The Morgan fingerprint density at radius 3 is 1.88 bits per heavy atom. The van der Waals surface area contributed by atoms with Crippen LogP contribution < -0.4 is 10.5 Å². The first kappa shape index (κ1) is 8.27. The van der Waals surface area contributed by atoms with Crippen molar-refractivity contribution in [3.8, 4) is 0 Å². The molecule has 0 saturated carbocycles. The van der Waals surface area contributed by atoms with Gasteiger partial charge in [-0.2, -0.15) is 10.2 Å². The predicted molar refractivity (Wildman–Crippen MR) is 42.1 cm³/mol. The van der Waals surface area contributed by atoms with Crippen molar-refractivity contribution in [2.45, 2.75) is 12.3 Å². The number of rotatable bonds is 2. The van der Waals surface area contributed by atoms with Crippen LogP contribution in [0.1, 0.15) is 6.92 Å². The molecule has 0 fully saturated rings. The van der Waals surface area contributed by atoms with Crippen LogP contribution in [-0.4, -0.2) is 24.9 Å². The maximum atomic E-state index is 5.66. The molecule has 8 heavy (non-hydrogen) atoms. The third kappa shape index (κ3) is 2.03. The maximum Gasteiger partial charge on any atom is 0.0430 e. The van der Waals surface area contributed by atoms with Crippen LogP contribution in [0.15, 0.2) is 0 Å². The van der Waals surface area contributed by atoms with Gasteiger partial charge in [0.25, 0.3) is 0 Å². The lowest BCUT2D eigenvalue weighted by molar-refractivity contribution is 1.00. The van der Waals surface area contributed by atoms with Gasteiger partial charge in [0, 0.05) is 5.37 Å². The van der Waals surface area contributed by atoms with Crippen LogP contribution in [0.2, 0.25) is 0 Å². The van der Waals surface area contributed by atoms with E-state index in [2.05, 4.69) is 17.2 Å². The van der Waals surface area contributed by atoms with Crippen molar-refractivity contribution in [2.75, 3.05) is 19.6 Å². The molecule has 0 aliphatic heterocycles. The lowest BCUT2D eigenvalue weighted by Crippen LogP contribution is -2.30. The highest BCUT2D eigenvalue weighted by molar-refractivity contribution is 8.31. The average molecular weight is 136 g/mol. The smallest absolute Gasteiger partial charge is 0.0430 e. The fourth-order valence-electron chi connectivity index (χ4n) is 0.186. The van der Waals surface area contributed by atoms with Gasteiger partial charge in [0.1, 0.15) is 0 Å². The number of hydrogen-bond donors (Lipinski definition) is 2. The predicted octanol–water partition coefficient (Wildman–Crippen LogP) is 0.490. The lowest BCUT2D eigenvalue weighted by atomic mass is 10.8. The summed E-state index contributed by atoms with van der Waals surface area (Å²) in [5.74, 6) is 0. The zero-order valence-electron chi connectivity index (χ0n) is 6.06. The Balaban J connectivity index is 3.71. The summed E-state index contributed by atoms with van der Waals surface area (Å²) in [7, 11) is 1.25. The van der Waals surface area contributed by atoms with Gasteiger partial charge in [-0.1, -0.05) is 0 Å². The highest BCUT2D eigenvalue weighted by Gasteiger charge is 2.12. The molecule has 0 aromatic heterocycles. The van der Waals surface area contributed by atoms with Gasteiger partial charge in [-0.05, 0) is 26.5 Å². The van der Waals surface area contributed by atoms with Gasteiger partial charge in [-0.3, -0.25) is 4.72 Å². The Bertz CT molecular complexity index is 70.8. The van der Waals surface area contributed by atoms with Crippen molar-refractivity contribution in [2.24, 2.45) is 5.73 Å². The molecule has 0 rings (SSSR count). The van der Waals surface area contributed by atoms with Gasteiger partial charge in [0.15, 0.2) is 0 Å². The number of hydrogen-bond acceptors (Lipinski definition) is 2. The van der Waals surface area contributed by atoms with Gasteiger partial charge in [0.2, 0.25) is 0 Å². The third-order valence-corrected chi connectivity index (χ3v) is 4.37. The molecule has 0 aromatic carbocycles. The van der Waals surface area contributed by atoms with Gasteiger partial charge in [0.05, 0.1) is 0 Å². The molecule has 0 aromatic rings. The summed E-state index contributed by atoms with van der Waals surface area (Å²) in [6.07, 6.45) is 4.33. The summed E-state index contributed by atoms with van der Waals surface area (Å²) >= 11 is 0. The summed E-state index contributed by atoms with van der Waals surface area (Å²) < 4.78 is 3.20. The Morgan fingerprint density at radius 1 is 1.50 bits per heavy atom. The van der Waals surface area contributed by atoms with Crippen molar-refractivity contribution < 1.29 is 0 Å². The monoisotopic (exact) mass is 136 g/mol. The first-order valence-corrected chi connectivity index (χ1v) is 5.18. The average Bonchev–Trinajstić information content (AvgIpc) is 1.67. The second-order valence-electron chi connectivity index (χ2n) is 2.31. The van der Waals surface area contributed by atoms with E-state index in [0.717, 1.165) is 0 Å². The second kappa shape index (κ2) is 2.71. The molecule has 0 aliphatic carbocycles. The molecule has 0 saturated heterocycles. The fraction of sp³-hybridized carbons (Fsp3) is 1.00. The van der Waals surface area contributed by atoms with Crippen molar-refractivity contribution in [1.29, 1.82) is 0 Å². The molecular weight excluding hydrogens is 120 g/mol. The summed E-state index contributed by atoms with van der Waals surface area (Å²) in [6, 6.07) is 0. The SMILES string of the molecule is CNS(C)(C)C(C)N. The Hall–Kier alpha value is 0.270. The Morgan fingerprint density at radius 2 is 1.88 bits per heavy atom. The van der Waals surface area contributed by atoms with Crippen LogP contribution in [0.4, 0.5) is 0 Å². The van der Waals surface area contributed by atoms with E-state index in [9.17, 15) is 0 Å². The number of nitrogens with one attached hydrogen (secondary N) is 1. The fourth-order valence-corrected chi connectivity index (χ4v) is 0.558. The topological polar surface area (TPSA) is 38.0 Å². The minimum Gasteiger partial charge on any atom is -0.320 e. The highest BCUT2D eigenvalue weighted by atomic mass is 32.3. The molecule has 52 valence electrons. The van der Waals surface area contributed by atoms with Crippen LogP contribution in [0, 0.1) is 0 Å². The highest BCUT2D eigenvalue weighted by Crippen LogP contribution is 2.36. The van der Waals surface area contributed by atoms with E-state index in [4.69, 9.17) is 5.73 Å². The quantitative estimate of drug-likeness (QED) is 0.580. The van der Waals surface area contributed by atoms with Crippen molar-refractivity contribution in [3.63, 3.8) is 0 Å². The van der Waals surface area contributed by atoms with Crippen molar-refractivity contribution >= 4 is 10.2 Å². The zero-order chi connectivity index (χ0) is 6.78. The molecule has 3 heteroatoms. The summed E-state index contributed by atoms with van der Waals surface area (Å²) in [6.45, 7) is 2.03. The first-order chi connectivity index (χ1) is 3.50. The van der Waals surface area contributed by atoms with E-state index in [1.165, 1.54) is 0 Å². The van der Waals surface area contributed by atoms with Crippen molar-refractivity contribution in [1.82, 2.24) is 4.72 Å². The normalized spacial score (nSPS) is 18.1. The van der Waals surface area contributed by atoms with E-state index in [0.29, 0.717) is 0 Å². The zero-order valence-corrected chi connectivity index (χ0v) is 6.88. The van der Waals surface area contributed by atoms with Gasteiger partial charge in [-0.15, -0.1) is 0 Å². The summed E-state index contributed by atoms with van der Waals surface area (Å²) in [5.41, 5.74) is 5.66. The van der Waals surface area contributed by atoms with Gasteiger partial charge < -0.3 is 5.73 Å². The molecule has 0 radical (unpaired) electrons. The maximum absolute atomic E-state index is 5.66. The summed E-state index contributed by atoms with van der Waals surface area (Å²) in [5, 5.41) is 0.285. The molecular formula is C5H16N2S. The molecule has 1 atom stereocenters. The van der Waals surface area contributed by atoms with Crippen LogP contribution in [-0.2, 0) is 0 Å².